The first-order valence-corrected chi connectivity index (χ1v) is 12.2. The minimum absolute atomic E-state index is 0.0235. The van der Waals surface area contributed by atoms with Crippen LogP contribution in [-0.4, -0.2) is 30.2 Å². The largest absolute Gasteiger partial charge is 0.507 e. The molecule has 0 aliphatic carbocycles. The smallest absolute Gasteiger partial charge is 0.300 e. The Kier molecular flexibility index (Phi) is 6.15. The number of carbonyl (C=O) groups is 2. The quantitative estimate of drug-likeness (QED) is 0.274. The second-order valence-electron chi connectivity index (χ2n) is 10.0. The standard InChI is InChI=1S/C30H29NO6/c1-5-35-22-13-8-19(9-14-22)27(32)25-26(18-6-10-20(11-7-18)30(2,3)4)31(29(34)28(25)33)21-12-15-23-24(16-21)37-17-36-23/h6-16,26,32H,5,17H2,1-4H3/b27-25+. The van der Waals surface area contributed by atoms with E-state index in [2.05, 4.69) is 20.8 Å². The molecule has 2 aliphatic heterocycles. The van der Waals surface area contributed by atoms with Crippen molar-refractivity contribution in [2.45, 2.75) is 39.2 Å². The van der Waals surface area contributed by atoms with Crippen molar-refractivity contribution in [3.63, 3.8) is 0 Å². The molecule has 1 atom stereocenters. The average Bonchev–Trinajstić information content (AvgIpc) is 3.45. The minimum atomic E-state index is -0.832. The number of aliphatic hydroxyl groups is 1. The Morgan fingerprint density at radius 1 is 0.973 bits per heavy atom. The van der Waals surface area contributed by atoms with E-state index in [-0.39, 0.29) is 23.5 Å². The molecule has 1 saturated heterocycles. The van der Waals surface area contributed by atoms with Gasteiger partial charge in [0.15, 0.2) is 11.5 Å². The Balaban J connectivity index is 1.65. The number of ketones is 1. The van der Waals surface area contributed by atoms with Crippen molar-refractivity contribution >= 4 is 23.1 Å². The van der Waals surface area contributed by atoms with Gasteiger partial charge < -0.3 is 19.3 Å². The highest BCUT2D eigenvalue weighted by atomic mass is 16.7. The summed E-state index contributed by atoms with van der Waals surface area (Å²) in [5.74, 6) is -0.0116. The lowest BCUT2D eigenvalue weighted by Gasteiger charge is -2.26. The highest BCUT2D eigenvalue weighted by Crippen LogP contribution is 2.45. The molecule has 0 saturated carbocycles. The number of carbonyl (C=O) groups excluding carboxylic acids is 2. The molecule has 1 fully saturated rings. The number of aliphatic hydroxyl groups excluding tert-OH is 1. The Hall–Kier alpha value is -4.26. The fourth-order valence-electron chi connectivity index (χ4n) is 4.65. The van der Waals surface area contributed by atoms with E-state index in [1.54, 1.807) is 42.5 Å². The predicted octanol–water partition coefficient (Wildman–Crippen LogP) is 5.74. The van der Waals surface area contributed by atoms with Gasteiger partial charge in [-0.15, -0.1) is 0 Å². The fraction of sp³-hybridized carbons (Fsp3) is 0.267. The van der Waals surface area contributed by atoms with E-state index < -0.39 is 17.7 Å². The number of amides is 1. The highest BCUT2D eigenvalue weighted by Gasteiger charge is 2.47. The van der Waals surface area contributed by atoms with E-state index in [1.165, 1.54) is 4.90 Å². The van der Waals surface area contributed by atoms with Crippen LogP contribution in [0.3, 0.4) is 0 Å². The number of Topliss-reactive ketones (excluding diaryl/α,β-unsaturated/α-hetero) is 1. The third kappa shape index (κ3) is 4.42. The normalized spacial score (nSPS) is 18.4. The Bertz CT molecular complexity index is 1380. The second kappa shape index (κ2) is 9.32. The van der Waals surface area contributed by atoms with E-state index in [0.717, 1.165) is 5.56 Å². The van der Waals surface area contributed by atoms with Crippen molar-refractivity contribution in [2.24, 2.45) is 0 Å². The van der Waals surface area contributed by atoms with Gasteiger partial charge in [0, 0.05) is 17.3 Å². The molecule has 1 N–H and O–H groups in total. The van der Waals surface area contributed by atoms with Crippen molar-refractivity contribution in [1.29, 1.82) is 0 Å². The summed E-state index contributed by atoms with van der Waals surface area (Å²) in [5.41, 5.74) is 2.67. The van der Waals surface area contributed by atoms with Crippen molar-refractivity contribution in [2.75, 3.05) is 18.3 Å². The number of fused-ring (bicyclic) bond motifs is 1. The number of benzene rings is 3. The molecular weight excluding hydrogens is 470 g/mol. The average molecular weight is 500 g/mol. The molecule has 0 aromatic heterocycles. The Labute approximate surface area is 215 Å². The van der Waals surface area contributed by atoms with Crippen LogP contribution in [0.15, 0.2) is 72.3 Å². The molecule has 2 aliphatic rings. The minimum Gasteiger partial charge on any atom is -0.507 e. The third-order valence-corrected chi connectivity index (χ3v) is 6.61. The lowest BCUT2D eigenvalue weighted by Crippen LogP contribution is -2.29. The lowest BCUT2D eigenvalue weighted by molar-refractivity contribution is -0.132. The molecule has 7 heteroatoms. The van der Waals surface area contributed by atoms with E-state index in [1.807, 2.05) is 31.2 Å². The summed E-state index contributed by atoms with van der Waals surface area (Å²) in [6, 6.07) is 18.9. The Morgan fingerprint density at radius 2 is 1.65 bits per heavy atom. The van der Waals surface area contributed by atoms with Crippen molar-refractivity contribution in [3.05, 3.63) is 89.0 Å². The summed E-state index contributed by atoms with van der Waals surface area (Å²) < 4.78 is 16.4. The van der Waals surface area contributed by atoms with Gasteiger partial charge in [0.2, 0.25) is 6.79 Å². The Morgan fingerprint density at radius 3 is 2.30 bits per heavy atom. The molecule has 0 bridgehead atoms. The molecule has 3 aromatic carbocycles. The van der Waals surface area contributed by atoms with Gasteiger partial charge in [-0.1, -0.05) is 45.0 Å². The van der Waals surface area contributed by atoms with Crippen LogP contribution in [0.4, 0.5) is 5.69 Å². The second-order valence-corrected chi connectivity index (χ2v) is 10.0. The number of nitrogens with zero attached hydrogens (tertiary/aromatic N) is 1. The van der Waals surface area contributed by atoms with Crippen LogP contribution in [0, 0.1) is 0 Å². The molecule has 37 heavy (non-hydrogen) atoms. The van der Waals surface area contributed by atoms with E-state index in [9.17, 15) is 14.7 Å². The molecule has 0 spiro atoms. The first-order valence-electron chi connectivity index (χ1n) is 12.2. The molecule has 0 radical (unpaired) electrons. The van der Waals surface area contributed by atoms with Crippen LogP contribution in [0.1, 0.15) is 50.4 Å². The summed E-state index contributed by atoms with van der Waals surface area (Å²) >= 11 is 0. The lowest BCUT2D eigenvalue weighted by atomic mass is 9.85. The van der Waals surface area contributed by atoms with Crippen molar-refractivity contribution in [3.8, 4) is 17.2 Å². The molecule has 1 amide bonds. The van der Waals surface area contributed by atoms with Gasteiger partial charge in [0.05, 0.1) is 18.2 Å². The summed E-state index contributed by atoms with van der Waals surface area (Å²) in [4.78, 5) is 28.3. The summed E-state index contributed by atoms with van der Waals surface area (Å²) in [7, 11) is 0. The molecule has 1 unspecified atom stereocenters. The highest BCUT2D eigenvalue weighted by molar-refractivity contribution is 6.51. The van der Waals surface area contributed by atoms with Gasteiger partial charge in [-0.2, -0.15) is 0 Å². The summed E-state index contributed by atoms with van der Waals surface area (Å²) in [5, 5.41) is 11.4. The number of rotatable bonds is 5. The molecule has 3 aromatic rings. The number of anilines is 1. The first-order chi connectivity index (χ1) is 17.7. The number of hydrogen-bond acceptors (Lipinski definition) is 6. The van der Waals surface area contributed by atoms with Gasteiger partial charge in [0.25, 0.3) is 11.7 Å². The summed E-state index contributed by atoms with van der Waals surface area (Å²) in [6.07, 6.45) is 0. The van der Waals surface area contributed by atoms with E-state index in [0.29, 0.717) is 40.7 Å². The SMILES string of the molecule is CCOc1ccc(/C(O)=C2\C(=O)C(=O)N(c3ccc4c(c3)OCO4)C2c2ccc(C(C)(C)C)cc2)cc1. The molecular formula is C30H29NO6. The monoisotopic (exact) mass is 499 g/mol. The fourth-order valence-corrected chi connectivity index (χ4v) is 4.65. The maximum atomic E-state index is 13.4. The summed E-state index contributed by atoms with van der Waals surface area (Å²) in [6.45, 7) is 8.84. The van der Waals surface area contributed by atoms with Gasteiger partial charge in [-0.3, -0.25) is 14.5 Å². The molecule has 190 valence electrons. The first kappa shape index (κ1) is 24.4. The number of hydrogen-bond donors (Lipinski definition) is 1. The third-order valence-electron chi connectivity index (χ3n) is 6.61. The maximum absolute atomic E-state index is 13.4. The van der Waals surface area contributed by atoms with E-state index in [4.69, 9.17) is 14.2 Å². The zero-order chi connectivity index (χ0) is 26.3. The van der Waals surface area contributed by atoms with Crippen LogP contribution in [0.25, 0.3) is 5.76 Å². The zero-order valence-corrected chi connectivity index (χ0v) is 21.3. The van der Waals surface area contributed by atoms with Gasteiger partial charge in [-0.05, 0) is 59.9 Å². The van der Waals surface area contributed by atoms with Crippen molar-refractivity contribution in [1.82, 2.24) is 0 Å². The van der Waals surface area contributed by atoms with Crippen LogP contribution >= 0.6 is 0 Å². The maximum Gasteiger partial charge on any atom is 0.300 e. The molecule has 2 heterocycles. The number of ether oxygens (including phenoxy) is 3. The van der Waals surface area contributed by atoms with Gasteiger partial charge in [0.1, 0.15) is 11.5 Å². The van der Waals surface area contributed by atoms with Crippen LogP contribution in [0.2, 0.25) is 0 Å². The molecule has 7 nitrogen and oxygen atoms in total. The molecule has 5 rings (SSSR count). The van der Waals surface area contributed by atoms with Gasteiger partial charge in [-0.25, -0.2) is 0 Å². The zero-order valence-electron chi connectivity index (χ0n) is 21.3. The topological polar surface area (TPSA) is 85.3 Å². The predicted molar refractivity (Wildman–Crippen MR) is 140 cm³/mol. The van der Waals surface area contributed by atoms with E-state index >= 15 is 0 Å². The van der Waals surface area contributed by atoms with Crippen molar-refractivity contribution < 1.29 is 28.9 Å². The van der Waals surface area contributed by atoms with Gasteiger partial charge >= 0.3 is 0 Å². The van der Waals surface area contributed by atoms with Crippen LogP contribution < -0.4 is 19.1 Å². The van der Waals surface area contributed by atoms with Crippen LogP contribution in [-0.2, 0) is 15.0 Å². The van der Waals surface area contributed by atoms with Crippen LogP contribution in [0.5, 0.6) is 17.2 Å².